The predicted molar refractivity (Wildman–Crippen MR) is 125 cm³/mol. The highest BCUT2D eigenvalue weighted by Crippen LogP contribution is 2.45. The lowest BCUT2D eigenvalue weighted by atomic mass is 9.81. The normalized spacial score (nSPS) is 14.9. The second kappa shape index (κ2) is 9.25. The summed E-state index contributed by atoms with van der Waals surface area (Å²) in [5.41, 5.74) is 13.9. The van der Waals surface area contributed by atoms with Gasteiger partial charge in [-0.1, -0.05) is 43.5 Å². The van der Waals surface area contributed by atoms with Crippen molar-refractivity contribution in [3.05, 3.63) is 53.1 Å². The van der Waals surface area contributed by atoms with E-state index >= 15 is 0 Å². The summed E-state index contributed by atoms with van der Waals surface area (Å²) in [4.78, 5) is 22.3. The van der Waals surface area contributed by atoms with Gasteiger partial charge in [0.1, 0.15) is 12.4 Å². The minimum Gasteiger partial charge on any atom is -0.398 e. The Bertz CT molecular complexity index is 1090. The number of Topliss-reactive ketones (excluding diaryl/α,β-unsaturated/α-hetero) is 1. The van der Waals surface area contributed by atoms with Gasteiger partial charge in [0, 0.05) is 22.2 Å². The first-order chi connectivity index (χ1) is 15.0. The highest BCUT2D eigenvalue weighted by atomic mass is 17.2. The van der Waals surface area contributed by atoms with Crippen LogP contribution in [0, 0.1) is 6.92 Å². The van der Waals surface area contributed by atoms with E-state index in [1.165, 1.54) is 50.2 Å². The zero-order valence-electron chi connectivity index (χ0n) is 18.7. The molecular formula is C26H32N2O3. The maximum Gasteiger partial charge on any atom is 0.149 e. The molecular weight excluding hydrogens is 388 g/mol. The van der Waals surface area contributed by atoms with Crippen LogP contribution in [0.1, 0.15) is 61.6 Å². The first kappa shape index (κ1) is 21.6. The molecule has 1 aromatic heterocycles. The Labute approximate surface area is 184 Å². The summed E-state index contributed by atoms with van der Waals surface area (Å²) in [5.74, 6) is 0.596. The summed E-state index contributed by atoms with van der Waals surface area (Å²) in [5, 5.41) is 1.21. The van der Waals surface area contributed by atoms with Crippen LogP contribution in [0.15, 0.2) is 36.4 Å². The fourth-order valence-electron chi connectivity index (χ4n) is 5.02. The molecule has 5 heteroatoms. The van der Waals surface area contributed by atoms with Gasteiger partial charge in [0.15, 0.2) is 0 Å². The summed E-state index contributed by atoms with van der Waals surface area (Å²) in [6, 6.07) is 12.6. The van der Waals surface area contributed by atoms with Crippen molar-refractivity contribution in [1.82, 2.24) is 4.57 Å². The summed E-state index contributed by atoms with van der Waals surface area (Å²) >= 11 is 0. The minimum absolute atomic E-state index is 0.123. The van der Waals surface area contributed by atoms with Gasteiger partial charge < -0.3 is 10.3 Å². The molecule has 4 rings (SSSR count). The first-order valence-corrected chi connectivity index (χ1v) is 11.2. The zero-order chi connectivity index (χ0) is 22.0. The third kappa shape index (κ3) is 4.39. The Morgan fingerprint density at radius 3 is 2.58 bits per heavy atom. The maximum atomic E-state index is 12.3. The molecule has 3 aromatic rings. The number of rotatable bonds is 7. The molecule has 0 saturated heterocycles. The highest BCUT2D eigenvalue weighted by molar-refractivity contribution is 5.96. The summed E-state index contributed by atoms with van der Waals surface area (Å²) in [6.45, 7) is 4.38. The lowest BCUT2D eigenvalue weighted by Gasteiger charge is -2.24. The Morgan fingerprint density at radius 1 is 1.13 bits per heavy atom. The predicted octanol–water partition coefficient (Wildman–Crippen LogP) is 5.91. The summed E-state index contributed by atoms with van der Waals surface area (Å²) < 4.78 is 2.17. The van der Waals surface area contributed by atoms with Crippen LogP contribution in [-0.4, -0.2) is 17.5 Å². The molecule has 0 bridgehead atoms. The van der Waals surface area contributed by atoms with Crippen molar-refractivity contribution in [3.63, 3.8) is 0 Å². The van der Waals surface area contributed by atoms with Crippen LogP contribution >= 0.6 is 0 Å². The van der Waals surface area contributed by atoms with Gasteiger partial charge in [0.25, 0.3) is 0 Å². The molecule has 31 heavy (non-hydrogen) atoms. The second-order valence-electron chi connectivity index (χ2n) is 8.76. The van der Waals surface area contributed by atoms with Crippen molar-refractivity contribution in [3.8, 4) is 11.3 Å². The largest absolute Gasteiger partial charge is 0.398 e. The Morgan fingerprint density at radius 2 is 1.90 bits per heavy atom. The quantitative estimate of drug-likeness (QED) is 0.293. The van der Waals surface area contributed by atoms with Gasteiger partial charge in [-0.3, -0.25) is 4.79 Å². The van der Waals surface area contributed by atoms with Crippen molar-refractivity contribution in [2.75, 3.05) is 12.8 Å². The van der Waals surface area contributed by atoms with Gasteiger partial charge in [-0.15, -0.1) is 0 Å². The SMILES string of the molecule is COOCc1ccc2c(C3CCCCC3)c(-c3ccc(C)cc3N)n(CC(C)=O)c2c1. The smallest absolute Gasteiger partial charge is 0.149 e. The number of aromatic nitrogens is 1. The van der Waals surface area contributed by atoms with Crippen molar-refractivity contribution in [1.29, 1.82) is 0 Å². The molecule has 0 radical (unpaired) electrons. The van der Waals surface area contributed by atoms with E-state index in [1.54, 1.807) is 6.92 Å². The molecule has 5 nitrogen and oxygen atoms in total. The average Bonchev–Trinajstić information content (AvgIpc) is 3.05. The van der Waals surface area contributed by atoms with E-state index < -0.39 is 0 Å². The number of anilines is 1. The maximum absolute atomic E-state index is 12.3. The van der Waals surface area contributed by atoms with Gasteiger partial charge in [0.05, 0.1) is 19.3 Å². The molecule has 1 aliphatic rings. The molecule has 0 amide bonds. The molecule has 0 aliphatic heterocycles. The van der Waals surface area contributed by atoms with E-state index in [9.17, 15) is 4.79 Å². The van der Waals surface area contributed by atoms with E-state index in [2.05, 4.69) is 41.8 Å². The number of carbonyl (C=O) groups excluding carboxylic acids is 1. The Hall–Kier alpha value is -2.63. The van der Waals surface area contributed by atoms with E-state index in [-0.39, 0.29) is 5.78 Å². The molecule has 1 heterocycles. The van der Waals surface area contributed by atoms with Crippen molar-refractivity contribution in [2.24, 2.45) is 0 Å². The number of nitrogen functional groups attached to an aromatic ring is 1. The molecule has 164 valence electrons. The van der Waals surface area contributed by atoms with Gasteiger partial charge in [-0.2, -0.15) is 0 Å². The summed E-state index contributed by atoms with van der Waals surface area (Å²) in [6.07, 6.45) is 6.13. The molecule has 2 aromatic carbocycles. The Balaban J connectivity index is 2.01. The molecule has 1 saturated carbocycles. The van der Waals surface area contributed by atoms with E-state index in [0.29, 0.717) is 19.1 Å². The molecule has 0 spiro atoms. The van der Waals surface area contributed by atoms with E-state index in [4.69, 9.17) is 15.5 Å². The van der Waals surface area contributed by atoms with Crippen LogP contribution in [0.4, 0.5) is 5.69 Å². The number of nitrogens with zero attached hydrogens (tertiary/aromatic N) is 1. The topological polar surface area (TPSA) is 66.5 Å². The van der Waals surface area contributed by atoms with Crippen molar-refractivity contribution in [2.45, 2.75) is 65.0 Å². The first-order valence-electron chi connectivity index (χ1n) is 11.2. The van der Waals surface area contributed by atoms with Gasteiger partial charge >= 0.3 is 0 Å². The molecule has 0 unspecified atom stereocenters. The van der Waals surface area contributed by atoms with Crippen LogP contribution in [0.3, 0.4) is 0 Å². The highest BCUT2D eigenvalue weighted by Gasteiger charge is 2.27. The van der Waals surface area contributed by atoms with Crippen LogP contribution in [0.25, 0.3) is 22.2 Å². The number of hydrogen-bond acceptors (Lipinski definition) is 4. The number of nitrogens with two attached hydrogens (primary N) is 1. The molecule has 0 atom stereocenters. The second-order valence-corrected chi connectivity index (χ2v) is 8.76. The van der Waals surface area contributed by atoms with E-state index in [0.717, 1.165) is 33.6 Å². The van der Waals surface area contributed by atoms with Gasteiger partial charge in [-0.25, -0.2) is 9.78 Å². The van der Waals surface area contributed by atoms with Gasteiger partial charge in [-0.05, 0) is 61.4 Å². The van der Waals surface area contributed by atoms with Crippen LogP contribution in [0.5, 0.6) is 0 Å². The van der Waals surface area contributed by atoms with Crippen LogP contribution < -0.4 is 5.73 Å². The minimum atomic E-state index is 0.123. The molecule has 1 fully saturated rings. The fraction of sp³-hybridized carbons (Fsp3) is 0.423. The van der Waals surface area contributed by atoms with Crippen molar-refractivity contribution >= 4 is 22.4 Å². The van der Waals surface area contributed by atoms with Crippen LogP contribution in [-0.2, 0) is 27.7 Å². The number of carbonyl (C=O) groups is 1. The number of hydrogen-bond donors (Lipinski definition) is 1. The monoisotopic (exact) mass is 420 g/mol. The number of fused-ring (bicyclic) bond motifs is 1. The number of aryl methyl sites for hydroxylation is 1. The third-order valence-electron chi connectivity index (χ3n) is 6.37. The lowest BCUT2D eigenvalue weighted by Crippen LogP contribution is -2.11. The van der Waals surface area contributed by atoms with Crippen molar-refractivity contribution < 1.29 is 14.6 Å². The third-order valence-corrected chi connectivity index (χ3v) is 6.37. The standard InChI is InChI=1S/C26H32N2O3/c1-17-9-11-21(23(27)13-17)26-25(20-7-5-4-6-8-20)22-12-10-19(16-31-30-3)14-24(22)28(26)15-18(2)29/h9-14,20H,4-8,15-16,27H2,1-3H3. The lowest BCUT2D eigenvalue weighted by molar-refractivity contribution is -0.282. The van der Waals surface area contributed by atoms with E-state index in [1.807, 2.05) is 6.07 Å². The fourth-order valence-corrected chi connectivity index (χ4v) is 5.02. The average molecular weight is 421 g/mol. The molecule has 1 aliphatic carbocycles. The van der Waals surface area contributed by atoms with Crippen LogP contribution in [0.2, 0.25) is 0 Å². The Kier molecular flexibility index (Phi) is 6.44. The van der Waals surface area contributed by atoms with Gasteiger partial charge in [0.2, 0.25) is 0 Å². The summed E-state index contributed by atoms with van der Waals surface area (Å²) in [7, 11) is 1.51. The number of benzene rings is 2. The zero-order valence-corrected chi connectivity index (χ0v) is 18.7. The number of ketones is 1. The molecule has 2 N–H and O–H groups in total.